The van der Waals surface area contributed by atoms with Crippen molar-refractivity contribution in [3.05, 3.63) is 12.2 Å². The van der Waals surface area contributed by atoms with Gasteiger partial charge in [-0.05, 0) is 32.0 Å². The maximum atomic E-state index is 10.5. The highest BCUT2D eigenvalue weighted by Gasteiger charge is 2.11. The summed E-state index contributed by atoms with van der Waals surface area (Å²) in [5.74, 6) is -1.34. The summed E-state index contributed by atoms with van der Waals surface area (Å²) < 4.78 is 133. The van der Waals surface area contributed by atoms with Gasteiger partial charge in [0.05, 0.1) is 0 Å². The maximum Gasteiger partial charge on any atom is 0.332 e. The topological polar surface area (TPSA) is 57.5 Å². The van der Waals surface area contributed by atoms with Crippen LogP contribution in [-0.2, 0) is 4.79 Å². The Morgan fingerprint density at radius 2 is 1.81 bits per heavy atom. The quantitative estimate of drug-likeness (QED) is 0.327. The molecule has 0 radical (unpaired) electrons. The Kier molecular flexibility index (Phi) is 4.20. The predicted molar refractivity (Wildman–Crippen MR) is 88.5 cm³/mol. The summed E-state index contributed by atoms with van der Waals surface area (Å²) >= 11 is 0. The van der Waals surface area contributed by atoms with Gasteiger partial charge in [-0.3, -0.25) is 0 Å². The lowest BCUT2D eigenvalue weighted by atomic mass is 10.1. The summed E-state index contributed by atoms with van der Waals surface area (Å²) in [5.41, 5.74) is 0. The molecule has 0 amide bonds. The molecule has 1 unspecified atom stereocenters. The fourth-order valence-electron chi connectivity index (χ4n) is 1.42. The highest BCUT2D eigenvalue weighted by atomic mass is 16.4. The van der Waals surface area contributed by atoms with Crippen molar-refractivity contribution in [3.8, 4) is 0 Å². The van der Waals surface area contributed by atoms with E-state index < -0.39 is 63.5 Å². The van der Waals surface area contributed by atoms with Crippen LogP contribution in [0.1, 0.15) is 113 Å². The molecule has 0 heterocycles. The summed E-state index contributed by atoms with van der Waals surface area (Å²) in [5, 5.41) is 17.8. The summed E-state index contributed by atoms with van der Waals surface area (Å²) in [4.78, 5) is 10.5. The van der Waals surface area contributed by atoms with Crippen molar-refractivity contribution in [3.63, 3.8) is 0 Å². The number of aliphatic hydroxyl groups is 1. The molecule has 0 aromatic heterocycles. The fourth-order valence-corrected chi connectivity index (χ4v) is 1.42. The van der Waals surface area contributed by atoms with E-state index in [0.717, 1.165) is 6.08 Å². The van der Waals surface area contributed by atoms with Gasteiger partial charge >= 0.3 is 5.97 Å². The minimum atomic E-state index is -4.30. The van der Waals surface area contributed by atoms with Crippen LogP contribution < -0.4 is 0 Å². The summed E-state index contributed by atoms with van der Waals surface area (Å²) in [6.45, 7) is -3.81. The highest BCUT2D eigenvalue weighted by Crippen LogP contribution is 2.10. The van der Waals surface area contributed by atoms with Crippen molar-refractivity contribution in [2.24, 2.45) is 0 Å². The molecule has 2 N–H and O–H groups in total. The minimum absolute atomic E-state index is 0.0460. The monoisotopic (exact) mass is 315 g/mol. The van der Waals surface area contributed by atoms with Crippen LogP contribution in [0.15, 0.2) is 12.2 Å². The second-order valence-corrected chi connectivity index (χ2v) is 4.14. The lowest BCUT2D eigenvalue weighted by Crippen LogP contribution is -2.18. The van der Waals surface area contributed by atoms with E-state index in [0.29, 0.717) is 31.8 Å². The normalized spacial score (nSPS) is 30.2. The van der Waals surface area contributed by atoms with Gasteiger partial charge in [0.2, 0.25) is 0 Å². The van der Waals surface area contributed by atoms with Gasteiger partial charge in [0.25, 0.3) is 0 Å². The van der Waals surface area contributed by atoms with Gasteiger partial charge < -0.3 is 10.2 Å². The molecule has 0 aromatic carbocycles. The molecule has 21 heavy (non-hydrogen) atoms. The Balaban J connectivity index is 5.77. The van der Waals surface area contributed by atoms with Gasteiger partial charge in [0.1, 0.15) is 0 Å². The third kappa shape index (κ3) is 15.4. The zero-order valence-corrected chi connectivity index (χ0v) is 11.8. The van der Waals surface area contributed by atoms with E-state index in [9.17, 15) is 9.90 Å². The first-order valence-electron chi connectivity index (χ1n) is 15.2. The lowest BCUT2D eigenvalue weighted by Gasteiger charge is -2.04. The number of rotatable bonds is 15. The lowest BCUT2D eigenvalue weighted by molar-refractivity contribution is -0.146. The summed E-state index contributed by atoms with van der Waals surface area (Å²) in [6, 6.07) is 0. The minimum Gasteiger partial charge on any atom is -0.479 e. The second-order valence-electron chi connectivity index (χ2n) is 4.14. The van der Waals surface area contributed by atoms with E-state index in [-0.39, 0.29) is 12.8 Å². The number of carboxylic acids is 1. The number of hydrogen-bond donors (Lipinski definition) is 2. The van der Waals surface area contributed by atoms with Crippen LogP contribution in [0.2, 0.25) is 0 Å². The highest BCUT2D eigenvalue weighted by molar-refractivity contribution is 5.71. The number of hydrogen-bond acceptors (Lipinski definition) is 2. The van der Waals surface area contributed by atoms with Crippen LogP contribution in [0, 0.1) is 0 Å². The number of aliphatic carboxylic acids is 1. The molecular weight excluding hydrogens is 264 g/mol. The Bertz CT molecular complexity index is 833. The maximum absolute atomic E-state index is 10.5. The number of allylic oxidation sites excluding steroid dienone is 2. The largest absolute Gasteiger partial charge is 0.479 e. The number of carbonyl (C=O) groups is 1. The molecule has 0 fully saturated rings. The summed E-state index contributed by atoms with van der Waals surface area (Å²) in [6.07, 6.45) is -25.7. The third-order valence-electron chi connectivity index (χ3n) is 2.47. The molecule has 124 valence electrons. The van der Waals surface area contributed by atoms with Crippen molar-refractivity contribution in [2.75, 3.05) is 0 Å². The van der Waals surface area contributed by atoms with Crippen molar-refractivity contribution >= 4 is 5.97 Å². The third-order valence-corrected chi connectivity index (χ3v) is 2.47. The van der Waals surface area contributed by atoms with Crippen LogP contribution in [-0.4, -0.2) is 22.3 Å². The van der Waals surface area contributed by atoms with E-state index in [1.165, 1.54) is 0 Å². The Morgan fingerprint density at radius 1 is 1.10 bits per heavy atom. The van der Waals surface area contributed by atoms with Crippen LogP contribution in [0.4, 0.5) is 0 Å². The molecule has 0 aromatic rings. The van der Waals surface area contributed by atoms with E-state index in [4.69, 9.17) is 28.4 Å². The fraction of sp³-hybridized carbons (Fsp3) is 0.833. The molecule has 3 nitrogen and oxygen atoms in total. The van der Waals surface area contributed by atoms with Gasteiger partial charge in [0.15, 0.2) is 6.10 Å². The Hall–Kier alpha value is -0.830. The van der Waals surface area contributed by atoms with Crippen molar-refractivity contribution in [2.45, 2.75) is 96.1 Å². The zero-order valence-electron chi connectivity index (χ0n) is 28.8. The first kappa shape index (κ1) is 5.67. The second kappa shape index (κ2) is 15.6. The van der Waals surface area contributed by atoms with Crippen LogP contribution in [0.5, 0.6) is 0 Å². The smallest absolute Gasteiger partial charge is 0.332 e. The van der Waals surface area contributed by atoms with E-state index in [2.05, 4.69) is 0 Å². The average molecular weight is 316 g/mol. The van der Waals surface area contributed by atoms with E-state index >= 15 is 0 Å². The number of carboxylic acid groups (broad SMARTS) is 1. The number of unbranched alkanes of at least 4 members (excludes halogenated alkanes) is 4. The van der Waals surface area contributed by atoms with Gasteiger partial charge in [-0.1, -0.05) is 70.1 Å². The summed E-state index contributed by atoms with van der Waals surface area (Å²) in [7, 11) is 0. The van der Waals surface area contributed by atoms with Crippen LogP contribution in [0.3, 0.4) is 0 Å². The molecule has 1 atom stereocenters. The molecule has 0 aliphatic heterocycles. The molecule has 0 saturated heterocycles. The van der Waals surface area contributed by atoms with Crippen LogP contribution >= 0.6 is 0 Å². The van der Waals surface area contributed by atoms with Gasteiger partial charge in [-0.25, -0.2) is 4.79 Å². The van der Waals surface area contributed by atoms with Crippen molar-refractivity contribution in [1.29, 1.82) is 0 Å². The molecule has 3 heteroatoms. The molecule has 0 aliphatic rings. The first-order valence-corrected chi connectivity index (χ1v) is 6.66. The molecule has 0 spiro atoms. The van der Waals surface area contributed by atoms with Gasteiger partial charge in [0, 0.05) is 23.3 Å². The number of aliphatic hydroxyl groups excluding tert-OH is 1. The standard InChI is InChI=1S/C18H34O3/c1-2-3-4-5-6-7-8-9-10-11-12-13-14-15-16-17(19)18(20)21/h9-10,17,19H,2-8,11-16H2,1H3,(H,20,21)/b10-9-/i1D3,2D2,3D2,4D2,5D2,6D2,7D2,8D2. The van der Waals surface area contributed by atoms with Gasteiger partial charge in [-0.2, -0.15) is 0 Å². The van der Waals surface area contributed by atoms with E-state index in [1.54, 1.807) is 0 Å². The van der Waals surface area contributed by atoms with Crippen LogP contribution in [0.25, 0.3) is 0 Å². The van der Waals surface area contributed by atoms with Crippen molar-refractivity contribution in [1.82, 2.24) is 0 Å². The zero-order chi connectivity index (χ0) is 30.8. The molecule has 0 saturated carbocycles. The van der Waals surface area contributed by atoms with Crippen molar-refractivity contribution < 1.29 is 38.3 Å². The predicted octanol–water partition coefficient (Wildman–Crippen LogP) is 5.08. The van der Waals surface area contributed by atoms with E-state index in [1.807, 2.05) is 0 Å². The average Bonchev–Trinajstić information content (AvgIpc) is 2.73. The molecule has 0 rings (SSSR count). The first-order chi connectivity index (χ1) is 16.6. The Labute approximate surface area is 154 Å². The molecule has 0 bridgehead atoms. The Morgan fingerprint density at radius 3 is 2.57 bits per heavy atom. The molecule has 0 aliphatic carbocycles. The van der Waals surface area contributed by atoms with Gasteiger partial charge in [-0.15, -0.1) is 0 Å². The molecular formula is C18H34O3. The SMILES string of the molecule is [2H]C([2H])([2H])C([2H])([2H])C([2H])([2H])C([2H])([2H])C([2H])([2H])C([2H])([2H])C([2H])([2H])C([2H])([2H])/C=C\CCCCCCC(O)C(=O)O.